The molecule has 0 fully saturated rings. The quantitative estimate of drug-likeness (QED) is 0.802. The van der Waals surface area contributed by atoms with Crippen LogP contribution in [0.5, 0.6) is 0 Å². The molecule has 19 heavy (non-hydrogen) atoms. The fraction of sp³-hybridized carbons (Fsp3) is 0.308. The Labute approximate surface area is 119 Å². The number of halogens is 2. The van der Waals surface area contributed by atoms with Crippen LogP contribution in [0.15, 0.2) is 28.9 Å². The van der Waals surface area contributed by atoms with Crippen LogP contribution in [0.25, 0.3) is 11.3 Å². The first-order valence-corrected chi connectivity index (χ1v) is 6.69. The molecule has 6 heteroatoms. The van der Waals surface area contributed by atoms with Gasteiger partial charge in [-0.1, -0.05) is 15.9 Å². The van der Waals surface area contributed by atoms with E-state index in [4.69, 9.17) is 4.74 Å². The smallest absolute Gasteiger partial charge is 0.133 e. The number of aromatic amines is 1. The highest BCUT2D eigenvalue weighted by Crippen LogP contribution is 2.26. The molecular formula is C13H15BrFN3O. The Kier molecular flexibility index (Phi) is 5.07. The summed E-state index contributed by atoms with van der Waals surface area (Å²) in [5, 5.41) is 10.0. The monoisotopic (exact) mass is 327 g/mol. The van der Waals surface area contributed by atoms with E-state index in [9.17, 15) is 4.39 Å². The molecule has 1 heterocycles. The summed E-state index contributed by atoms with van der Waals surface area (Å²) in [4.78, 5) is 0. The second-order valence-corrected chi connectivity index (χ2v) is 4.98. The number of hydrogen-bond donors (Lipinski definition) is 2. The van der Waals surface area contributed by atoms with Crippen molar-refractivity contribution >= 4 is 15.9 Å². The first-order chi connectivity index (χ1) is 9.22. The van der Waals surface area contributed by atoms with Gasteiger partial charge in [-0.3, -0.25) is 5.10 Å². The standard InChI is InChI=1S/C13H15BrFN3O/c1-19-5-4-16-7-9-8-17-18-13(9)11-3-2-10(14)6-12(11)15/h2-3,6,8,16H,4-5,7H2,1H3,(H,17,18). The van der Waals surface area contributed by atoms with Crippen LogP contribution in [0, 0.1) is 5.82 Å². The second kappa shape index (κ2) is 6.79. The third-order valence-electron chi connectivity index (χ3n) is 2.72. The van der Waals surface area contributed by atoms with Crippen LogP contribution >= 0.6 is 15.9 Å². The van der Waals surface area contributed by atoms with Gasteiger partial charge in [0.15, 0.2) is 0 Å². The third-order valence-corrected chi connectivity index (χ3v) is 3.21. The van der Waals surface area contributed by atoms with Crippen LogP contribution in [0.2, 0.25) is 0 Å². The molecule has 4 nitrogen and oxygen atoms in total. The topological polar surface area (TPSA) is 49.9 Å². The minimum Gasteiger partial charge on any atom is -0.383 e. The van der Waals surface area contributed by atoms with Gasteiger partial charge in [0.25, 0.3) is 0 Å². The van der Waals surface area contributed by atoms with Gasteiger partial charge in [0.1, 0.15) is 5.82 Å². The number of benzene rings is 1. The molecule has 2 aromatic rings. The maximum atomic E-state index is 13.9. The Bertz CT molecular complexity index is 544. The van der Waals surface area contributed by atoms with E-state index < -0.39 is 0 Å². The van der Waals surface area contributed by atoms with Crippen molar-refractivity contribution in [3.63, 3.8) is 0 Å². The van der Waals surface area contributed by atoms with Crippen LogP contribution in [-0.2, 0) is 11.3 Å². The van der Waals surface area contributed by atoms with Crippen molar-refractivity contribution in [1.29, 1.82) is 0 Å². The first-order valence-electron chi connectivity index (χ1n) is 5.89. The molecular weight excluding hydrogens is 313 g/mol. The molecule has 1 aromatic carbocycles. The molecule has 0 bridgehead atoms. The summed E-state index contributed by atoms with van der Waals surface area (Å²) in [6.45, 7) is 1.99. The Morgan fingerprint density at radius 1 is 1.47 bits per heavy atom. The van der Waals surface area contributed by atoms with Gasteiger partial charge in [0.05, 0.1) is 18.5 Å². The Balaban J connectivity index is 2.14. The van der Waals surface area contributed by atoms with Gasteiger partial charge in [-0.15, -0.1) is 0 Å². The number of aromatic nitrogens is 2. The fourth-order valence-corrected chi connectivity index (χ4v) is 2.10. The molecule has 0 saturated heterocycles. The van der Waals surface area contributed by atoms with Gasteiger partial charge < -0.3 is 10.1 Å². The predicted octanol–water partition coefficient (Wildman–Crippen LogP) is 2.71. The fourth-order valence-electron chi connectivity index (χ4n) is 1.77. The highest BCUT2D eigenvalue weighted by molar-refractivity contribution is 9.10. The van der Waals surface area contributed by atoms with E-state index in [-0.39, 0.29) is 5.82 Å². The molecule has 0 radical (unpaired) electrons. The van der Waals surface area contributed by atoms with Crippen LogP contribution < -0.4 is 5.32 Å². The normalized spacial score (nSPS) is 10.9. The van der Waals surface area contributed by atoms with Gasteiger partial charge >= 0.3 is 0 Å². The number of rotatable bonds is 6. The average molecular weight is 328 g/mol. The van der Waals surface area contributed by atoms with Gasteiger partial charge in [0.2, 0.25) is 0 Å². The van der Waals surface area contributed by atoms with Gasteiger partial charge in [0, 0.05) is 35.8 Å². The molecule has 0 aliphatic heterocycles. The first kappa shape index (κ1) is 14.2. The minimum atomic E-state index is -0.281. The molecule has 1 aromatic heterocycles. The van der Waals surface area contributed by atoms with Crippen molar-refractivity contribution in [3.05, 3.63) is 40.2 Å². The van der Waals surface area contributed by atoms with E-state index >= 15 is 0 Å². The summed E-state index contributed by atoms with van der Waals surface area (Å²) in [7, 11) is 1.65. The average Bonchev–Trinajstić information content (AvgIpc) is 2.83. The van der Waals surface area contributed by atoms with E-state index in [1.165, 1.54) is 6.07 Å². The van der Waals surface area contributed by atoms with E-state index in [0.717, 1.165) is 12.1 Å². The lowest BCUT2D eigenvalue weighted by molar-refractivity contribution is 0.199. The number of methoxy groups -OCH3 is 1. The number of nitrogens with one attached hydrogen (secondary N) is 2. The summed E-state index contributed by atoms with van der Waals surface area (Å²) >= 11 is 3.25. The van der Waals surface area contributed by atoms with Crippen molar-refractivity contribution in [2.45, 2.75) is 6.54 Å². The molecule has 102 valence electrons. The van der Waals surface area contributed by atoms with E-state index in [1.807, 2.05) is 0 Å². The zero-order valence-corrected chi connectivity index (χ0v) is 12.1. The maximum absolute atomic E-state index is 13.9. The van der Waals surface area contributed by atoms with E-state index in [1.54, 1.807) is 25.4 Å². The van der Waals surface area contributed by atoms with Gasteiger partial charge in [-0.25, -0.2) is 4.39 Å². The highest BCUT2D eigenvalue weighted by Gasteiger charge is 2.12. The highest BCUT2D eigenvalue weighted by atomic mass is 79.9. The van der Waals surface area contributed by atoms with Crippen molar-refractivity contribution in [1.82, 2.24) is 15.5 Å². The molecule has 0 aliphatic rings. The lowest BCUT2D eigenvalue weighted by Gasteiger charge is -2.06. The SMILES string of the molecule is COCCNCc1cn[nH]c1-c1ccc(Br)cc1F. The van der Waals surface area contributed by atoms with Crippen LogP contribution in [-0.4, -0.2) is 30.5 Å². The molecule has 0 aliphatic carbocycles. The Morgan fingerprint density at radius 2 is 2.32 bits per heavy atom. The van der Waals surface area contributed by atoms with E-state index in [2.05, 4.69) is 31.4 Å². The Morgan fingerprint density at radius 3 is 3.05 bits per heavy atom. The molecule has 2 rings (SSSR count). The molecule has 0 unspecified atom stereocenters. The van der Waals surface area contributed by atoms with Crippen LogP contribution in [0.3, 0.4) is 0 Å². The van der Waals surface area contributed by atoms with Crippen molar-refractivity contribution in [3.8, 4) is 11.3 Å². The van der Waals surface area contributed by atoms with Gasteiger partial charge in [-0.2, -0.15) is 5.10 Å². The maximum Gasteiger partial charge on any atom is 0.133 e. The molecule has 0 saturated carbocycles. The zero-order valence-electron chi connectivity index (χ0n) is 10.5. The predicted molar refractivity (Wildman–Crippen MR) is 75.3 cm³/mol. The van der Waals surface area contributed by atoms with Crippen molar-refractivity contribution in [2.24, 2.45) is 0 Å². The zero-order chi connectivity index (χ0) is 13.7. The third kappa shape index (κ3) is 3.62. The Hall–Kier alpha value is -1.24. The molecule has 0 atom stereocenters. The number of H-pyrrole nitrogens is 1. The number of ether oxygens (including phenoxy) is 1. The summed E-state index contributed by atoms with van der Waals surface area (Å²) in [6, 6.07) is 4.98. The molecule has 2 N–H and O–H groups in total. The second-order valence-electron chi connectivity index (χ2n) is 4.06. The lowest BCUT2D eigenvalue weighted by atomic mass is 10.1. The molecule has 0 amide bonds. The van der Waals surface area contributed by atoms with Crippen LogP contribution in [0.1, 0.15) is 5.56 Å². The largest absolute Gasteiger partial charge is 0.383 e. The number of hydrogen-bond acceptors (Lipinski definition) is 3. The summed E-state index contributed by atoms with van der Waals surface area (Å²) < 4.78 is 19.6. The summed E-state index contributed by atoms with van der Waals surface area (Å²) in [5.41, 5.74) is 2.15. The van der Waals surface area contributed by atoms with E-state index in [0.29, 0.717) is 28.9 Å². The summed E-state index contributed by atoms with van der Waals surface area (Å²) in [5.74, 6) is -0.281. The molecule has 0 spiro atoms. The van der Waals surface area contributed by atoms with Gasteiger partial charge in [-0.05, 0) is 18.2 Å². The van der Waals surface area contributed by atoms with Crippen molar-refractivity contribution in [2.75, 3.05) is 20.3 Å². The summed E-state index contributed by atoms with van der Waals surface area (Å²) in [6.07, 6.45) is 1.70. The minimum absolute atomic E-state index is 0.281. The lowest BCUT2D eigenvalue weighted by Crippen LogP contribution is -2.18. The van der Waals surface area contributed by atoms with Crippen LogP contribution in [0.4, 0.5) is 4.39 Å². The number of nitrogens with zero attached hydrogens (tertiary/aromatic N) is 1. The van der Waals surface area contributed by atoms with Crippen molar-refractivity contribution < 1.29 is 9.13 Å².